The van der Waals surface area contributed by atoms with Gasteiger partial charge in [0, 0.05) is 18.2 Å². The van der Waals surface area contributed by atoms with Crippen LogP contribution >= 0.6 is 0 Å². The first-order valence-corrected chi connectivity index (χ1v) is 8.80. The minimum atomic E-state index is -3.72. The largest absolute Gasteiger partial charge is 0.269 e. The van der Waals surface area contributed by atoms with E-state index in [2.05, 4.69) is 4.72 Å². The molecule has 1 atom stereocenters. The lowest BCUT2D eigenvalue weighted by Crippen LogP contribution is -2.31. The van der Waals surface area contributed by atoms with E-state index in [9.17, 15) is 18.5 Å². The molecule has 0 bridgehead atoms. The van der Waals surface area contributed by atoms with Crippen molar-refractivity contribution in [3.63, 3.8) is 0 Å². The fourth-order valence-electron chi connectivity index (χ4n) is 2.88. The molecule has 0 aliphatic heterocycles. The van der Waals surface area contributed by atoms with E-state index in [0.29, 0.717) is 0 Å². The van der Waals surface area contributed by atoms with Crippen LogP contribution in [0.2, 0.25) is 0 Å². The Balaban J connectivity index is 1.86. The second-order valence-corrected chi connectivity index (χ2v) is 7.23. The molecule has 0 saturated heterocycles. The summed E-state index contributed by atoms with van der Waals surface area (Å²) < 4.78 is 27.7. The van der Waals surface area contributed by atoms with Gasteiger partial charge in [0.15, 0.2) is 0 Å². The number of sulfonamides is 1. The predicted octanol–water partition coefficient (Wildman–Crippen LogP) is 2.95. The van der Waals surface area contributed by atoms with Gasteiger partial charge in [0.25, 0.3) is 5.69 Å². The number of nitrogens with one attached hydrogen (secondary N) is 1. The van der Waals surface area contributed by atoms with E-state index in [4.69, 9.17) is 0 Å². The summed E-state index contributed by atoms with van der Waals surface area (Å²) in [6.45, 7) is 0. The summed E-state index contributed by atoms with van der Waals surface area (Å²) in [4.78, 5) is 10.1. The molecule has 2 aromatic carbocycles. The second kappa shape index (κ2) is 6.10. The lowest BCUT2D eigenvalue weighted by atomic mass is 9.88. The minimum absolute atomic E-state index is 0.0335. The van der Waals surface area contributed by atoms with Gasteiger partial charge in [0.1, 0.15) is 0 Å². The Hall–Kier alpha value is -2.25. The highest BCUT2D eigenvalue weighted by Gasteiger charge is 2.25. The maximum atomic E-state index is 12.5. The molecule has 1 aliphatic rings. The highest BCUT2D eigenvalue weighted by atomic mass is 32.2. The monoisotopic (exact) mass is 332 g/mol. The summed E-state index contributed by atoms with van der Waals surface area (Å²) in [5.41, 5.74) is 2.03. The minimum Gasteiger partial charge on any atom is -0.258 e. The number of nitrogens with zero attached hydrogens (tertiary/aromatic N) is 1. The summed E-state index contributed by atoms with van der Waals surface area (Å²) >= 11 is 0. The van der Waals surface area contributed by atoms with Crippen molar-refractivity contribution < 1.29 is 13.3 Å². The average molecular weight is 332 g/mol. The molecule has 3 rings (SSSR count). The summed E-state index contributed by atoms with van der Waals surface area (Å²) in [6.07, 6.45) is 2.61. The zero-order valence-electron chi connectivity index (χ0n) is 12.3. The molecule has 1 aliphatic carbocycles. The Kier molecular flexibility index (Phi) is 4.14. The maximum absolute atomic E-state index is 12.5. The van der Waals surface area contributed by atoms with Crippen LogP contribution < -0.4 is 4.72 Å². The number of hydrogen-bond donors (Lipinski definition) is 1. The Morgan fingerprint density at radius 3 is 2.48 bits per heavy atom. The molecule has 0 aromatic heterocycles. The molecule has 6 nitrogen and oxygen atoms in total. The number of nitro groups is 1. The van der Waals surface area contributed by atoms with E-state index in [0.717, 1.165) is 30.4 Å². The fraction of sp³-hybridized carbons (Fsp3) is 0.250. The standard InChI is InChI=1S/C16H16N2O4S/c19-18(20)13-8-10-14(11-9-13)23(21,22)17-16-7-3-5-12-4-1-2-6-15(12)16/h1-2,4,6,8-11,16-17H,3,5,7H2/t16-/m0/s1. The Bertz CT molecular complexity index is 831. The van der Waals surface area contributed by atoms with Gasteiger partial charge in [0.05, 0.1) is 9.82 Å². The normalized spacial score (nSPS) is 17.5. The first-order valence-electron chi connectivity index (χ1n) is 7.32. The highest BCUT2D eigenvalue weighted by Crippen LogP contribution is 2.31. The average Bonchev–Trinajstić information content (AvgIpc) is 2.55. The topological polar surface area (TPSA) is 89.3 Å². The van der Waals surface area contributed by atoms with Crippen molar-refractivity contribution in [2.75, 3.05) is 0 Å². The molecule has 0 unspecified atom stereocenters. The number of fused-ring (bicyclic) bond motifs is 1. The van der Waals surface area contributed by atoms with Gasteiger partial charge in [0.2, 0.25) is 10.0 Å². The van der Waals surface area contributed by atoms with Crippen molar-refractivity contribution in [3.05, 3.63) is 69.8 Å². The molecule has 2 aromatic rings. The fourth-order valence-corrected chi connectivity index (χ4v) is 4.13. The number of aryl methyl sites for hydroxylation is 1. The van der Waals surface area contributed by atoms with Crippen LogP contribution in [-0.4, -0.2) is 13.3 Å². The van der Waals surface area contributed by atoms with Crippen molar-refractivity contribution in [3.8, 4) is 0 Å². The third-order valence-corrected chi connectivity index (χ3v) is 5.51. The molecule has 1 N–H and O–H groups in total. The Labute approximate surface area is 134 Å². The van der Waals surface area contributed by atoms with E-state index >= 15 is 0 Å². The van der Waals surface area contributed by atoms with Gasteiger partial charge in [-0.15, -0.1) is 0 Å². The molecule has 0 spiro atoms. The molecule has 0 heterocycles. The number of hydrogen-bond acceptors (Lipinski definition) is 4. The molecule has 7 heteroatoms. The van der Waals surface area contributed by atoms with Crippen LogP contribution in [0, 0.1) is 10.1 Å². The number of nitro benzene ring substituents is 1. The van der Waals surface area contributed by atoms with Gasteiger partial charge in [-0.2, -0.15) is 0 Å². The smallest absolute Gasteiger partial charge is 0.258 e. The van der Waals surface area contributed by atoms with E-state index < -0.39 is 14.9 Å². The van der Waals surface area contributed by atoms with E-state index in [1.54, 1.807) is 0 Å². The summed E-state index contributed by atoms with van der Waals surface area (Å²) in [5.74, 6) is 0. The van der Waals surface area contributed by atoms with Crippen LogP contribution in [0.5, 0.6) is 0 Å². The molecule has 0 amide bonds. The van der Waals surface area contributed by atoms with E-state index in [-0.39, 0.29) is 16.6 Å². The quantitative estimate of drug-likeness (QED) is 0.688. The van der Waals surface area contributed by atoms with Crippen molar-refractivity contribution in [1.82, 2.24) is 4.72 Å². The summed E-state index contributed by atoms with van der Waals surface area (Å²) in [5, 5.41) is 10.7. The first-order chi connectivity index (χ1) is 11.0. The molecule has 0 radical (unpaired) electrons. The van der Waals surface area contributed by atoms with Crippen LogP contribution in [0.15, 0.2) is 53.4 Å². The van der Waals surface area contributed by atoms with Crippen LogP contribution in [0.4, 0.5) is 5.69 Å². The molecule has 0 saturated carbocycles. The van der Waals surface area contributed by atoms with Crippen molar-refractivity contribution >= 4 is 15.7 Å². The lowest BCUT2D eigenvalue weighted by molar-refractivity contribution is -0.384. The molecule has 0 fully saturated rings. The van der Waals surface area contributed by atoms with Crippen molar-refractivity contribution in [2.24, 2.45) is 0 Å². The zero-order valence-corrected chi connectivity index (χ0v) is 13.1. The summed E-state index contributed by atoms with van der Waals surface area (Å²) in [7, 11) is -3.72. The lowest BCUT2D eigenvalue weighted by Gasteiger charge is -2.26. The molecular formula is C16H16N2O4S. The van der Waals surface area contributed by atoms with Gasteiger partial charge in [-0.05, 0) is 42.5 Å². The number of non-ortho nitro benzene ring substituents is 1. The van der Waals surface area contributed by atoms with Gasteiger partial charge < -0.3 is 0 Å². The van der Waals surface area contributed by atoms with Gasteiger partial charge >= 0.3 is 0 Å². The van der Waals surface area contributed by atoms with Crippen LogP contribution in [0.25, 0.3) is 0 Å². The van der Waals surface area contributed by atoms with E-state index in [1.165, 1.54) is 24.3 Å². The number of rotatable bonds is 4. The first kappa shape index (κ1) is 15.6. The predicted molar refractivity (Wildman–Crippen MR) is 85.5 cm³/mol. The van der Waals surface area contributed by atoms with Crippen LogP contribution in [0.1, 0.15) is 30.0 Å². The van der Waals surface area contributed by atoms with E-state index in [1.807, 2.05) is 24.3 Å². The third-order valence-electron chi connectivity index (χ3n) is 4.02. The Morgan fingerprint density at radius 1 is 1.09 bits per heavy atom. The van der Waals surface area contributed by atoms with Crippen LogP contribution in [-0.2, 0) is 16.4 Å². The maximum Gasteiger partial charge on any atom is 0.269 e. The number of benzene rings is 2. The molecule has 23 heavy (non-hydrogen) atoms. The van der Waals surface area contributed by atoms with Crippen LogP contribution in [0.3, 0.4) is 0 Å². The molecule has 120 valence electrons. The van der Waals surface area contributed by atoms with Gasteiger partial charge in [-0.25, -0.2) is 13.1 Å². The van der Waals surface area contributed by atoms with Gasteiger partial charge in [-0.1, -0.05) is 24.3 Å². The molecular weight excluding hydrogens is 316 g/mol. The zero-order chi connectivity index (χ0) is 16.4. The third kappa shape index (κ3) is 3.25. The Morgan fingerprint density at radius 2 is 1.78 bits per heavy atom. The highest BCUT2D eigenvalue weighted by molar-refractivity contribution is 7.89. The van der Waals surface area contributed by atoms with Gasteiger partial charge in [-0.3, -0.25) is 10.1 Å². The second-order valence-electron chi connectivity index (χ2n) is 5.52. The van der Waals surface area contributed by atoms with Crippen molar-refractivity contribution in [2.45, 2.75) is 30.2 Å². The summed E-state index contributed by atoms with van der Waals surface area (Å²) in [6, 6.07) is 12.5. The van der Waals surface area contributed by atoms with Crippen molar-refractivity contribution in [1.29, 1.82) is 0 Å². The SMILES string of the molecule is O=[N+]([O-])c1ccc(S(=O)(=O)N[C@H]2CCCc3ccccc32)cc1.